The monoisotopic (exact) mass is 236 g/mol. The van der Waals surface area contributed by atoms with Crippen LogP contribution < -0.4 is 15.0 Å². The second-order valence-electron chi connectivity index (χ2n) is 3.96. The van der Waals surface area contributed by atoms with Crippen LogP contribution in [0.5, 0.6) is 5.75 Å². The molecule has 0 saturated heterocycles. The number of ether oxygens (including phenoxy) is 1. The molecule has 4 nitrogen and oxygen atoms in total. The number of nitrogens with one attached hydrogen (secondary N) is 1. The van der Waals surface area contributed by atoms with Crippen LogP contribution in [-0.4, -0.2) is 33.2 Å². The number of methoxy groups -OCH3 is 1. The summed E-state index contributed by atoms with van der Waals surface area (Å²) < 4.78 is 5.18. The molecule has 0 saturated carbocycles. The molecular weight excluding hydrogens is 216 g/mol. The number of hydrogen-bond donors (Lipinski definition) is 1. The maximum Gasteiger partial charge on any atom is 0.216 e. The second kappa shape index (κ2) is 6.78. The van der Waals surface area contributed by atoms with Crippen molar-refractivity contribution >= 4 is 11.6 Å². The van der Waals surface area contributed by atoms with Crippen molar-refractivity contribution in [1.29, 1.82) is 0 Å². The third kappa shape index (κ3) is 4.76. The van der Waals surface area contributed by atoms with E-state index in [1.165, 1.54) is 6.92 Å². The Morgan fingerprint density at radius 1 is 1.47 bits per heavy atom. The molecule has 1 amide bonds. The number of carbonyl (C=O) groups is 1. The largest absolute Gasteiger partial charge is 0.497 e. The van der Waals surface area contributed by atoms with Crippen LogP contribution in [0.15, 0.2) is 24.3 Å². The Bertz CT molecular complexity index is 366. The summed E-state index contributed by atoms with van der Waals surface area (Å²) in [6, 6.07) is 7.94. The zero-order chi connectivity index (χ0) is 12.7. The van der Waals surface area contributed by atoms with Gasteiger partial charge in [0.05, 0.1) is 7.11 Å². The lowest BCUT2D eigenvalue weighted by molar-refractivity contribution is -0.118. The van der Waals surface area contributed by atoms with Crippen molar-refractivity contribution in [2.45, 2.75) is 13.3 Å². The number of nitrogens with zero attached hydrogens (tertiary/aromatic N) is 1. The molecule has 17 heavy (non-hydrogen) atoms. The summed E-state index contributed by atoms with van der Waals surface area (Å²) in [5.41, 5.74) is 1.12. The van der Waals surface area contributed by atoms with Gasteiger partial charge in [-0.15, -0.1) is 0 Å². The number of hydrogen-bond acceptors (Lipinski definition) is 3. The molecule has 0 spiro atoms. The molecule has 0 unspecified atom stereocenters. The van der Waals surface area contributed by atoms with Crippen LogP contribution in [0.4, 0.5) is 5.69 Å². The molecule has 1 aromatic carbocycles. The van der Waals surface area contributed by atoms with Gasteiger partial charge in [0.25, 0.3) is 0 Å². The average Bonchev–Trinajstić information content (AvgIpc) is 2.34. The third-order valence-electron chi connectivity index (χ3n) is 2.54. The maximum absolute atomic E-state index is 10.7. The van der Waals surface area contributed by atoms with Crippen molar-refractivity contribution in [3.63, 3.8) is 0 Å². The molecule has 0 aliphatic heterocycles. The first-order chi connectivity index (χ1) is 8.13. The van der Waals surface area contributed by atoms with E-state index in [1.807, 2.05) is 31.3 Å². The lowest BCUT2D eigenvalue weighted by Crippen LogP contribution is -2.26. The van der Waals surface area contributed by atoms with Gasteiger partial charge in [-0.3, -0.25) is 4.79 Å². The molecule has 0 heterocycles. The maximum atomic E-state index is 10.7. The van der Waals surface area contributed by atoms with E-state index in [0.717, 1.165) is 24.4 Å². The zero-order valence-corrected chi connectivity index (χ0v) is 10.7. The highest BCUT2D eigenvalue weighted by Gasteiger charge is 2.02. The van der Waals surface area contributed by atoms with Gasteiger partial charge in [-0.05, 0) is 18.6 Å². The molecule has 4 heteroatoms. The van der Waals surface area contributed by atoms with E-state index in [2.05, 4.69) is 10.2 Å². The van der Waals surface area contributed by atoms with E-state index in [0.29, 0.717) is 6.54 Å². The Hall–Kier alpha value is -1.71. The summed E-state index contributed by atoms with van der Waals surface area (Å²) >= 11 is 0. The number of anilines is 1. The topological polar surface area (TPSA) is 41.6 Å². The Balaban J connectivity index is 2.40. The van der Waals surface area contributed by atoms with E-state index in [-0.39, 0.29) is 5.91 Å². The molecule has 0 atom stereocenters. The average molecular weight is 236 g/mol. The number of benzene rings is 1. The minimum atomic E-state index is 0.0223. The summed E-state index contributed by atoms with van der Waals surface area (Å²) in [5, 5.41) is 2.78. The highest BCUT2D eigenvalue weighted by molar-refractivity contribution is 5.72. The molecule has 0 aromatic heterocycles. The fraction of sp³-hybridized carbons (Fsp3) is 0.462. The Morgan fingerprint density at radius 3 is 2.88 bits per heavy atom. The highest BCUT2D eigenvalue weighted by Crippen LogP contribution is 2.19. The molecule has 0 radical (unpaired) electrons. The lowest BCUT2D eigenvalue weighted by Gasteiger charge is -2.19. The minimum Gasteiger partial charge on any atom is -0.497 e. The van der Waals surface area contributed by atoms with Crippen molar-refractivity contribution in [1.82, 2.24) is 5.32 Å². The predicted octanol–water partition coefficient (Wildman–Crippen LogP) is 1.66. The number of amides is 1. The summed E-state index contributed by atoms with van der Waals surface area (Å²) in [4.78, 5) is 12.8. The van der Waals surface area contributed by atoms with E-state index >= 15 is 0 Å². The van der Waals surface area contributed by atoms with Crippen LogP contribution in [0.1, 0.15) is 13.3 Å². The van der Waals surface area contributed by atoms with E-state index in [9.17, 15) is 4.79 Å². The van der Waals surface area contributed by atoms with Crippen molar-refractivity contribution in [2.75, 3.05) is 32.1 Å². The Kier molecular flexibility index (Phi) is 5.33. The first-order valence-corrected chi connectivity index (χ1v) is 5.73. The Morgan fingerprint density at radius 2 is 2.24 bits per heavy atom. The molecule has 1 aromatic rings. The van der Waals surface area contributed by atoms with Gasteiger partial charge in [0.1, 0.15) is 5.75 Å². The van der Waals surface area contributed by atoms with Crippen LogP contribution in [-0.2, 0) is 4.79 Å². The molecule has 0 aliphatic rings. The molecule has 0 bridgehead atoms. The van der Waals surface area contributed by atoms with Crippen molar-refractivity contribution in [3.05, 3.63) is 24.3 Å². The van der Waals surface area contributed by atoms with Crippen LogP contribution in [0.25, 0.3) is 0 Å². The first-order valence-electron chi connectivity index (χ1n) is 5.73. The summed E-state index contributed by atoms with van der Waals surface area (Å²) in [5.74, 6) is 0.880. The van der Waals surface area contributed by atoms with Crippen LogP contribution in [0.2, 0.25) is 0 Å². The van der Waals surface area contributed by atoms with Crippen LogP contribution >= 0.6 is 0 Å². The van der Waals surface area contributed by atoms with Gasteiger partial charge in [0, 0.05) is 38.8 Å². The predicted molar refractivity (Wildman–Crippen MR) is 69.6 cm³/mol. The second-order valence-corrected chi connectivity index (χ2v) is 3.96. The van der Waals surface area contributed by atoms with Gasteiger partial charge < -0.3 is 15.0 Å². The van der Waals surface area contributed by atoms with Crippen LogP contribution in [0, 0.1) is 0 Å². The SMILES string of the molecule is COc1cccc(N(C)CCCNC(C)=O)c1. The van der Waals surface area contributed by atoms with Crippen LogP contribution in [0.3, 0.4) is 0 Å². The molecule has 1 N–H and O–H groups in total. The van der Waals surface area contributed by atoms with Crippen molar-refractivity contribution in [2.24, 2.45) is 0 Å². The first kappa shape index (κ1) is 13.4. The van der Waals surface area contributed by atoms with E-state index in [1.54, 1.807) is 7.11 Å². The normalized spacial score (nSPS) is 9.82. The summed E-state index contributed by atoms with van der Waals surface area (Å²) in [7, 11) is 3.69. The summed E-state index contributed by atoms with van der Waals surface area (Å²) in [6.07, 6.45) is 0.924. The van der Waals surface area contributed by atoms with Crippen molar-refractivity contribution in [3.8, 4) is 5.75 Å². The molecule has 0 aliphatic carbocycles. The Labute approximate surface area is 103 Å². The van der Waals surface area contributed by atoms with Gasteiger partial charge in [0.2, 0.25) is 5.91 Å². The van der Waals surface area contributed by atoms with Gasteiger partial charge in [0.15, 0.2) is 0 Å². The van der Waals surface area contributed by atoms with Gasteiger partial charge in [-0.1, -0.05) is 6.07 Å². The van der Waals surface area contributed by atoms with Gasteiger partial charge in [-0.2, -0.15) is 0 Å². The quantitative estimate of drug-likeness (QED) is 0.764. The fourth-order valence-electron chi connectivity index (χ4n) is 1.56. The molecule has 1 rings (SSSR count). The smallest absolute Gasteiger partial charge is 0.216 e. The van der Waals surface area contributed by atoms with Gasteiger partial charge >= 0.3 is 0 Å². The number of carbonyl (C=O) groups excluding carboxylic acids is 1. The minimum absolute atomic E-state index is 0.0223. The molecular formula is C13H20N2O2. The zero-order valence-electron chi connectivity index (χ0n) is 10.7. The van der Waals surface area contributed by atoms with Gasteiger partial charge in [-0.25, -0.2) is 0 Å². The fourth-order valence-corrected chi connectivity index (χ4v) is 1.56. The molecule has 0 fully saturated rings. The van der Waals surface area contributed by atoms with E-state index in [4.69, 9.17) is 4.74 Å². The van der Waals surface area contributed by atoms with E-state index < -0.39 is 0 Å². The number of rotatable bonds is 6. The van der Waals surface area contributed by atoms with Crippen molar-refractivity contribution < 1.29 is 9.53 Å². The summed E-state index contributed by atoms with van der Waals surface area (Å²) in [6.45, 7) is 3.14. The standard InChI is InChI=1S/C13H20N2O2/c1-11(16)14-8-5-9-15(2)12-6-4-7-13(10-12)17-3/h4,6-7,10H,5,8-9H2,1-3H3,(H,14,16). The third-order valence-corrected chi connectivity index (χ3v) is 2.54. The molecule has 94 valence electrons. The highest BCUT2D eigenvalue weighted by atomic mass is 16.5. The lowest BCUT2D eigenvalue weighted by atomic mass is 10.2.